The number of carbonyl (C=O) groups excluding carboxylic acids is 2. The lowest BCUT2D eigenvalue weighted by Gasteiger charge is -2.36. The maximum Gasteiger partial charge on any atom is 0.265 e. The van der Waals surface area contributed by atoms with E-state index in [9.17, 15) is 23.6 Å². The van der Waals surface area contributed by atoms with Gasteiger partial charge in [-0.25, -0.2) is 8.78 Å². The summed E-state index contributed by atoms with van der Waals surface area (Å²) < 4.78 is 27.5. The third kappa shape index (κ3) is 4.94. The van der Waals surface area contributed by atoms with E-state index in [0.29, 0.717) is 21.5 Å². The molecule has 33 heavy (non-hydrogen) atoms. The summed E-state index contributed by atoms with van der Waals surface area (Å²) in [6.07, 6.45) is 0.934. The number of nitrogens with zero attached hydrogens (tertiary/aromatic N) is 3. The Hall–Kier alpha value is -3.57. The van der Waals surface area contributed by atoms with Gasteiger partial charge in [0.2, 0.25) is 5.91 Å². The minimum absolute atomic E-state index is 0.106. The third-order valence-corrected chi connectivity index (χ3v) is 5.85. The predicted molar refractivity (Wildman–Crippen MR) is 120 cm³/mol. The van der Waals surface area contributed by atoms with E-state index in [1.807, 2.05) is 30.3 Å². The van der Waals surface area contributed by atoms with Crippen molar-refractivity contribution in [3.8, 4) is 17.2 Å². The van der Waals surface area contributed by atoms with Crippen LogP contribution in [0.1, 0.15) is 23.2 Å². The average molecular weight is 469 g/mol. The van der Waals surface area contributed by atoms with Gasteiger partial charge in [-0.05, 0) is 47.9 Å². The molecule has 1 aliphatic rings. The number of hydrogen-bond acceptors (Lipinski definition) is 4. The lowest BCUT2D eigenvalue weighted by atomic mass is 10.00. The Labute approximate surface area is 193 Å². The van der Waals surface area contributed by atoms with Gasteiger partial charge in [0.25, 0.3) is 11.8 Å². The highest BCUT2D eigenvalue weighted by Gasteiger charge is 2.42. The van der Waals surface area contributed by atoms with Crippen molar-refractivity contribution in [1.29, 1.82) is 5.26 Å². The van der Waals surface area contributed by atoms with Gasteiger partial charge in [-0.2, -0.15) is 5.26 Å². The van der Waals surface area contributed by atoms with Gasteiger partial charge in [0.15, 0.2) is 0 Å². The van der Waals surface area contributed by atoms with Crippen LogP contribution in [0.25, 0.3) is 22.0 Å². The molecule has 0 radical (unpaired) electrons. The van der Waals surface area contributed by atoms with Crippen LogP contribution in [0.5, 0.6) is 0 Å². The van der Waals surface area contributed by atoms with E-state index in [1.165, 1.54) is 12.3 Å². The van der Waals surface area contributed by atoms with Crippen LogP contribution < -0.4 is 5.32 Å². The van der Waals surface area contributed by atoms with E-state index in [1.54, 1.807) is 18.2 Å². The highest BCUT2D eigenvalue weighted by Crippen LogP contribution is 2.30. The molecule has 1 atom stereocenters. The minimum Gasteiger partial charge on any atom is -0.343 e. The quantitative estimate of drug-likeness (QED) is 0.613. The van der Waals surface area contributed by atoms with Crippen LogP contribution in [-0.4, -0.2) is 46.8 Å². The number of halogens is 3. The van der Waals surface area contributed by atoms with Gasteiger partial charge in [-0.3, -0.25) is 14.6 Å². The van der Waals surface area contributed by atoms with Gasteiger partial charge >= 0.3 is 0 Å². The molecule has 1 saturated heterocycles. The monoisotopic (exact) mass is 468 g/mol. The number of alkyl halides is 2. The molecule has 0 spiro atoms. The summed E-state index contributed by atoms with van der Waals surface area (Å²) in [5.74, 6) is -4.32. The van der Waals surface area contributed by atoms with Crippen LogP contribution in [0.2, 0.25) is 5.02 Å². The normalized spacial score (nSPS) is 17.4. The van der Waals surface area contributed by atoms with Crippen LogP contribution in [0.4, 0.5) is 8.78 Å². The molecule has 1 aromatic heterocycles. The predicted octanol–water partition coefficient (Wildman–Crippen LogP) is 4.43. The number of amides is 2. The van der Waals surface area contributed by atoms with Gasteiger partial charge in [0.1, 0.15) is 6.04 Å². The summed E-state index contributed by atoms with van der Waals surface area (Å²) in [6, 6.07) is 15.2. The molecule has 2 heterocycles. The number of nitrogens with one attached hydrogen (secondary N) is 1. The molecule has 0 unspecified atom stereocenters. The Morgan fingerprint density at radius 2 is 1.91 bits per heavy atom. The van der Waals surface area contributed by atoms with Crippen molar-refractivity contribution in [3.63, 3.8) is 0 Å². The standard InChI is InChI=1S/C24H19ClF2N4O2/c25-17-4-1-15(2-5-17)16-3-6-21-20(11-16)19(8-10-29-21)23(33)30-13-22(32)31-14-24(26,27)9-7-18(31)12-28/h1-6,8,10-11,18H,7,9,13-14H2,(H,30,33)/t18-/m0/s1. The zero-order chi connectivity index (χ0) is 23.6. The van der Waals surface area contributed by atoms with E-state index >= 15 is 0 Å². The van der Waals surface area contributed by atoms with Crippen LogP contribution in [0.3, 0.4) is 0 Å². The smallest absolute Gasteiger partial charge is 0.265 e. The van der Waals surface area contributed by atoms with Crippen LogP contribution in [-0.2, 0) is 4.79 Å². The van der Waals surface area contributed by atoms with Crippen molar-refractivity contribution in [2.75, 3.05) is 13.1 Å². The molecular formula is C24H19ClF2N4O2. The molecule has 1 N–H and O–H groups in total. The summed E-state index contributed by atoms with van der Waals surface area (Å²) in [5, 5.41) is 12.9. The lowest BCUT2D eigenvalue weighted by Crippen LogP contribution is -2.53. The number of likely N-dealkylation sites (tertiary alicyclic amines) is 1. The van der Waals surface area contributed by atoms with Gasteiger partial charge in [0, 0.05) is 23.0 Å². The molecule has 0 aliphatic carbocycles. The van der Waals surface area contributed by atoms with E-state index in [4.69, 9.17) is 11.6 Å². The zero-order valence-electron chi connectivity index (χ0n) is 17.4. The molecule has 1 fully saturated rings. The first kappa shape index (κ1) is 22.6. The molecule has 2 amide bonds. The number of benzene rings is 2. The number of piperidine rings is 1. The largest absolute Gasteiger partial charge is 0.343 e. The average Bonchev–Trinajstić information content (AvgIpc) is 2.81. The number of rotatable bonds is 4. The number of carbonyl (C=O) groups is 2. The van der Waals surface area contributed by atoms with E-state index < -0.39 is 43.3 Å². The lowest BCUT2D eigenvalue weighted by molar-refractivity contribution is -0.143. The minimum atomic E-state index is -3.05. The fraction of sp³-hybridized carbons (Fsp3) is 0.250. The number of aromatic nitrogens is 1. The molecule has 2 aromatic carbocycles. The Kier molecular flexibility index (Phi) is 6.25. The molecule has 1 aliphatic heterocycles. The van der Waals surface area contributed by atoms with Crippen molar-refractivity contribution in [1.82, 2.24) is 15.2 Å². The first-order valence-electron chi connectivity index (χ1n) is 10.3. The number of fused-ring (bicyclic) bond motifs is 1. The van der Waals surface area contributed by atoms with E-state index in [0.717, 1.165) is 16.0 Å². The summed E-state index contributed by atoms with van der Waals surface area (Å²) >= 11 is 5.96. The molecule has 4 rings (SSSR count). The van der Waals surface area contributed by atoms with E-state index in [2.05, 4.69) is 10.3 Å². The maximum atomic E-state index is 13.8. The van der Waals surface area contributed by atoms with Gasteiger partial charge in [0.05, 0.1) is 30.2 Å². The summed E-state index contributed by atoms with van der Waals surface area (Å²) in [7, 11) is 0. The molecule has 3 aromatic rings. The summed E-state index contributed by atoms with van der Waals surface area (Å²) in [4.78, 5) is 30.5. The highest BCUT2D eigenvalue weighted by molar-refractivity contribution is 6.30. The van der Waals surface area contributed by atoms with Crippen molar-refractivity contribution >= 4 is 34.3 Å². The number of pyridine rings is 1. The first-order chi connectivity index (χ1) is 15.8. The maximum absolute atomic E-state index is 13.8. The highest BCUT2D eigenvalue weighted by atomic mass is 35.5. The second kappa shape index (κ2) is 9.12. The van der Waals surface area contributed by atoms with Crippen molar-refractivity contribution in [3.05, 3.63) is 65.3 Å². The fourth-order valence-electron chi connectivity index (χ4n) is 3.86. The molecule has 9 heteroatoms. The molecule has 0 bridgehead atoms. The Morgan fingerprint density at radius 1 is 1.18 bits per heavy atom. The van der Waals surface area contributed by atoms with Gasteiger partial charge < -0.3 is 10.2 Å². The van der Waals surface area contributed by atoms with Gasteiger partial charge in [-0.1, -0.05) is 29.8 Å². The molecule has 0 saturated carbocycles. The molecular weight excluding hydrogens is 450 g/mol. The summed E-state index contributed by atoms with van der Waals surface area (Å²) in [6.45, 7) is -1.32. The molecule has 6 nitrogen and oxygen atoms in total. The fourth-order valence-corrected chi connectivity index (χ4v) is 3.98. The summed E-state index contributed by atoms with van der Waals surface area (Å²) in [5.41, 5.74) is 2.64. The van der Waals surface area contributed by atoms with Crippen LogP contribution in [0.15, 0.2) is 54.7 Å². The van der Waals surface area contributed by atoms with Crippen molar-refractivity contribution in [2.24, 2.45) is 0 Å². The topological polar surface area (TPSA) is 86.1 Å². The van der Waals surface area contributed by atoms with Crippen LogP contribution >= 0.6 is 11.6 Å². The van der Waals surface area contributed by atoms with Crippen molar-refractivity contribution in [2.45, 2.75) is 24.8 Å². The molecule has 168 valence electrons. The SMILES string of the molecule is N#C[C@@H]1CCC(F)(F)CN1C(=O)CNC(=O)c1ccnc2ccc(-c3ccc(Cl)cc3)cc12. The second-order valence-corrected chi connectivity index (χ2v) is 8.28. The number of nitriles is 1. The third-order valence-electron chi connectivity index (χ3n) is 5.59. The van der Waals surface area contributed by atoms with E-state index in [-0.39, 0.29) is 6.42 Å². The van der Waals surface area contributed by atoms with Gasteiger partial charge in [-0.15, -0.1) is 0 Å². The Bertz CT molecular complexity index is 1260. The Morgan fingerprint density at radius 3 is 2.64 bits per heavy atom. The zero-order valence-corrected chi connectivity index (χ0v) is 18.1. The first-order valence-corrected chi connectivity index (χ1v) is 10.6. The number of hydrogen-bond donors (Lipinski definition) is 1. The second-order valence-electron chi connectivity index (χ2n) is 7.84. The van der Waals surface area contributed by atoms with Crippen LogP contribution in [0, 0.1) is 11.3 Å². The Balaban J connectivity index is 1.54. The van der Waals surface area contributed by atoms with Crippen molar-refractivity contribution < 1.29 is 18.4 Å².